The Bertz CT molecular complexity index is 1580. The van der Waals surface area contributed by atoms with Crippen LogP contribution in [-0.4, -0.2) is 28.1 Å². The van der Waals surface area contributed by atoms with Gasteiger partial charge in [-0.15, -0.1) is 0 Å². The van der Waals surface area contributed by atoms with Gasteiger partial charge in [0.2, 0.25) is 0 Å². The van der Waals surface area contributed by atoms with Crippen LogP contribution in [0.4, 0.5) is 23.2 Å². The molecule has 40 heavy (non-hydrogen) atoms. The molecule has 1 atom stereocenters. The Morgan fingerprint density at radius 3 is 2.30 bits per heavy atom. The van der Waals surface area contributed by atoms with E-state index >= 15 is 0 Å². The largest absolute Gasteiger partial charge is 0.481 e. The third-order valence-corrected chi connectivity index (χ3v) is 6.32. The van der Waals surface area contributed by atoms with Gasteiger partial charge in [-0.2, -0.15) is 13.2 Å². The molecule has 204 valence electrons. The van der Waals surface area contributed by atoms with Crippen molar-refractivity contribution in [1.29, 1.82) is 0 Å². The second-order valence-corrected chi connectivity index (χ2v) is 9.16. The highest BCUT2D eigenvalue weighted by molar-refractivity contribution is 5.98. The number of unbranched alkanes of at least 4 members (excludes halogenated alkanes) is 1. The predicted octanol–water partition coefficient (Wildman–Crippen LogP) is 7.42. The number of alkyl halides is 3. The molecule has 0 bridgehead atoms. The van der Waals surface area contributed by atoms with Gasteiger partial charge in [-0.05, 0) is 78.9 Å². The van der Waals surface area contributed by atoms with Crippen molar-refractivity contribution in [2.24, 2.45) is 0 Å². The molecule has 0 aliphatic rings. The van der Waals surface area contributed by atoms with Gasteiger partial charge in [0.1, 0.15) is 5.82 Å². The fraction of sp³-hybridized carbons (Fsp3) is 0.200. The van der Waals surface area contributed by atoms with E-state index in [4.69, 9.17) is 11.7 Å². The van der Waals surface area contributed by atoms with Crippen molar-refractivity contribution in [3.05, 3.63) is 107 Å². The van der Waals surface area contributed by atoms with Crippen LogP contribution in [0.25, 0.3) is 27.0 Å². The number of hydrogen-bond donors (Lipinski definition) is 2. The quantitative estimate of drug-likeness (QED) is 0.129. The van der Waals surface area contributed by atoms with Crippen LogP contribution in [0.2, 0.25) is 0 Å². The molecule has 6 nitrogen and oxygen atoms in total. The predicted molar refractivity (Wildman–Crippen MR) is 141 cm³/mol. The first kappa shape index (κ1) is 28.2. The minimum atomic E-state index is -4.78. The molecule has 0 radical (unpaired) electrons. The number of rotatable bonds is 9. The SMILES string of the molecule is [C-]#[N+]c1ccc([C@H](NC(=O)c2ccc3nc(-c4ccc(F)cc4)c(CCCCC(=O)O)cc3c2)C(F)(F)F)cc1. The molecule has 1 amide bonds. The lowest BCUT2D eigenvalue weighted by Crippen LogP contribution is -2.38. The summed E-state index contributed by atoms with van der Waals surface area (Å²) in [6, 6.07) is 14.4. The van der Waals surface area contributed by atoms with E-state index in [2.05, 4.69) is 9.83 Å². The van der Waals surface area contributed by atoms with Gasteiger partial charge in [0.25, 0.3) is 5.91 Å². The summed E-state index contributed by atoms with van der Waals surface area (Å²) in [5.41, 5.74) is 2.39. The lowest BCUT2D eigenvalue weighted by molar-refractivity contribution is -0.155. The van der Waals surface area contributed by atoms with Gasteiger partial charge in [0.15, 0.2) is 11.7 Å². The minimum absolute atomic E-state index is 0.00180. The lowest BCUT2D eigenvalue weighted by atomic mass is 9.98. The summed E-state index contributed by atoms with van der Waals surface area (Å²) in [6.45, 7) is 6.97. The average molecular weight is 550 g/mol. The lowest BCUT2D eigenvalue weighted by Gasteiger charge is -2.22. The third-order valence-electron chi connectivity index (χ3n) is 6.32. The highest BCUT2D eigenvalue weighted by Gasteiger charge is 2.42. The van der Waals surface area contributed by atoms with Gasteiger partial charge in [-0.3, -0.25) is 9.59 Å². The van der Waals surface area contributed by atoms with E-state index in [0.717, 1.165) is 17.7 Å². The summed E-state index contributed by atoms with van der Waals surface area (Å²) < 4.78 is 55.1. The van der Waals surface area contributed by atoms with Crippen LogP contribution in [0.5, 0.6) is 0 Å². The number of fused-ring (bicyclic) bond motifs is 1. The highest BCUT2D eigenvalue weighted by atomic mass is 19.4. The summed E-state index contributed by atoms with van der Waals surface area (Å²) in [5, 5.41) is 11.5. The molecule has 4 aromatic rings. The van der Waals surface area contributed by atoms with Crippen LogP contribution in [0.1, 0.15) is 46.8 Å². The van der Waals surface area contributed by atoms with Crippen LogP contribution in [0, 0.1) is 12.4 Å². The summed E-state index contributed by atoms with van der Waals surface area (Å²) in [5.74, 6) is -2.27. The zero-order chi connectivity index (χ0) is 28.9. The molecular weight excluding hydrogens is 526 g/mol. The van der Waals surface area contributed by atoms with Crippen molar-refractivity contribution in [3.63, 3.8) is 0 Å². The number of carbonyl (C=O) groups excluding carboxylic acids is 1. The normalized spacial score (nSPS) is 12.1. The smallest absolute Gasteiger partial charge is 0.412 e. The van der Waals surface area contributed by atoms with Crippen LogP contribution in [0.3, 0.4) is 0 Å². The number of carboxylic acids is 1. The molecule has 0 spiro atoms. The number of halogens is 4. The minimum Gasteiger partial charge on any atom is -0.481 e. The van der Waals surface area contributed by atoms with E-state index in [1.165, 1.54) is 42.5 Å². The van der Waals surface area contributed by atoms with E-state index in [1.54, 1.807) is 18.2 Å². The van der Waals surface area contributed by atoms with Crippen molar-refractivity contribution < 1.29 is 32.3 Å². The molecule has 0 fully saturated rings. The number of carboxylic acid groups (broad SMARTS) is 1. The fourth-order valence-corrected chi connectivity index (χ4v) is 4.31. The van der Waals surface area contributed by atoms with Crippen molar-refractivity contribution in [3.8, 4) is 11.3 Å². The maximum Gasteiger partial charge on any atom is 0.412 e. The van der Waals surface area contributed by atoms with Gasteiger partial charge in [-0.25, -0.2) is 14.2 Å². The summed E-state index contributed by atoms with van der Waals surface area (Å²) >= 11 is 0. The number of carbonyl (C=O) groups is 2. The zero-order valence-corrected chi connectivity index (χ0v) is 21.0. The second-order valence-electron chi connectivity index (χ2n) is 9.16. The molecule has 0 saturated carbocycles. The van der Waals surface area contributed by atoms with Crippen LogP contribution in [0.15, 0.2) is 72.8 Å². The Labute approximate surface area is 227 Å². The Morgan fingerprint density at radius 2 is 1.68 bits per heavy atom. The molecule has 4 rings (SSSR count). The second kappa shape index (κ2) is 11.9. The highest BCUT2D eigenvalue weighted by Crippen LogP contribution is 2.34. The Morgan fingerprint density at radius 1 is 0.975 bits per heavy atom. The maximum absolute atomic E-state index is 13.9. The number of nitrogens with zero attached hydrogens (tertiary/aromatic N) is 2. The van der Waals surface area contributed by atoms with Crippen molar-refractivity contribution in [2.45, 2.75) is 37.9 Å². The van der Waals surface area contributed by atoms with Crippen LogP contribution < -0.4 is 5.32 Å². The molecule has 0 aliphatic carbocycles. The van der Waals surface area contributed by atoms with Crippen molar-refractivity contribution in [1.82, 2.24) is 10.3 Å². The average Bonchev–Trinajstić information content (AvgIpc) is 2.93. The van der Waals surface area contributed by atoms with E-state index in [0.29, 0.717) is 41.4 Å². The van der Waals surface area contributed by atoms with Crippen LogP contribution in [-0.2, 0) is 11.2 Å². The van der Waals surface area contributed by atoms with Gasteiger partial charge >= 0.3 is 12.1 Å². The number of aliphatic carboxylic acids is 1. The summed E-state index contributed by atoms with van der Waals surface area (Å²) in [6.07, 6.45) is -3.36. The van der Waals surface area contributed by atoms with E-state index in [-0.39, 0.29) is 23.2 Å². The molecule has 0 unspecified atom stereocenters. The molecule has 3 aromatic carbocycles. The molecule has 0 aliphatic heterocycles. The molecule has 1 heterocycles. The van der Waals surface area contributed by atoms with Crippen molar-refractivity contribution >= 4 is 28.5 Å². The van der Waals surface area contributed by atoms with Crippen LogP contribution >= 0.6 is 0 Å². The Kier molecular flexibility index (Phi) is 8.43. The molecule has 0 saturated heterocycles. The monoisotopic (exact) mass is 549 g/mol. The molecular formula is C30H23F4N3O3. The summed E-state index contributed by atoms with van der Waals surface area (Å²) in [7, 11) is 0. The maximum atomic E-state index is 13.9. The number of aryl methyl sites for hydroxylation is 1. The number of nitrogens with one attached hydrogen (secondary N) is 1. The Hall–Kier alpha value is -4.78. The number of aromatic nitrogens is 1. The number of pyridine rings is 1. The van der Waals surface area contributed by atoms with Gasteiger partial charge in [-0.1, -0.05) is 24.3 Å². The zero-order valence-electron chi connectivity index (χ0n) is 21.0. The van der Waals surface area contributed by atoms with Gasteiger partial charge < -0.3 is 10.4 Å². The first-order valence-electron chi connectivity index (χ1n) is 12.3. The molecule has 2 N–H and O–H groups in total. The molecule has 10 heteroatoms. The first-order valence-corrected chi connectivity index (χ1v) is 12.3. The standard InChI is InChI=1S/C30H23F4N3O3/c1-35-24-13-8-19(9-14-24)28(30(32,33)34)37-29(40)21-10-15-25-22(17-21)16-20(4-2-3-5-26(38)39)27(36-25)18-6-11-23(31)12-7-18/h6-17,28H,2-5H2,(H,37,40)(H,38,39)/t28-/m0/s1. The van der Waals surface area contributed by atoms with E-state index in [9.17, 15) is 27.2 Å². The Balaban J connectivity index is 1.66. The van der Waals surface area contributed by atoms with Gasteiger partial charge in [0, 0.05) is 22.9 Å². The van der Waals surface area contributed by atoms with Crippen molar-refractivity contribution in [2.75, 3.05) is 0 Å². The van der Waals surface area contributed by atoms with E-state index < -0.39 is 29.9 Å². The van der Waals surface area contributed by atoms with Gasteiger partial charge in [0.05, 0.1) is 17.8 Å². The van der Waals surface area contributed by atoms with E-state index in [1.807, 2.05) is 5.32 Å². The number of benzene rings is 3. The summed E-state index contributed by atoms with van der Waals surface area (Å²) in [4.78, 5) is 31.7. The fourth-order valence-electron chi connectivity index (χ4n) is 4.31. The number of hydrogen-bond acceptors (Lipinski definition) is 3. The topological polar surface area (TPSA) is 83.7 Å². The molecule has 1 aromatic heterocycles. The number of amides is 1. The third kappa shape index (κ3) is 6.80. The first-order chi connectivity index (χ1) is 19.0.